The van der Waals surface area contributed by atoms with Crippen LogP contribution in [0.15, 0.2) is 15.8 Å². The first-order chi connectivity index (χ1) is 14.8. The molecule has 0 aromatic carbocycles. The van der Waals surface area contributed by atoms with E-state index in [1.165, 1.54) is 28.4 Å². The van der Waals surface area contributed by atoms with Gasteiger partial charge in [0.1, 0.15) is 5.70 Å². The number of aliphatic hydroxyl groups is 2. The molecule has 31 heavy (non-hydrogen) atoms. The molecule has 1 aromatic rings. The maximum absolute atomic E-state index is 12.5. The third-order valence-corrected chi connectivity index (χ3v) is 8.64. The largest absolute Gasteiger partial charge is 0.477 e. The number of fused-ring (bicyclic) bond motifs is 1. The van der Waals surface area contributed by atoms with E-state index < -0.39 is 18.0 Å². The molecule has 11 nitrogen and oxygen atoms in total. The quantitative estimate of drug-likeness (QED) is 0.269. The van der Waals surface area contributed by atoms with E-state index in [1.807, 2.05) is 6.92 Å². The van der Waals surface area contributed by atoms with Gasteiger partial charge >= 0.3 is 5.97 Å². The third-order valence-electron chi connectivity index (χ3n) is 6.01. The summed E-state index contributed by atoms with van der Waals surface area (Å²) in [5.74, 6) is -1.31. The van der Waals surface area contributed by atoms with Crippen LogP contribution in [0.1, 0.15) is 20.3 Å². The van der Waals surface area contributed by atoms with Gasteiger partial charge in [0.25, 0.3) is 0 Å². The van der Waals surface area contributed by atoms with Gasteiger partial charge in [0, 0.05) is 34.4 Å². The summed E-state index contributed by atoms with van der Waals surface area (Å²) in [6.45, 7) is 4.57. The molecule has 13 heteroatoms. The monoisotopic (exact) mass is 470 g/mol. The van der Waals surface area contributed by atoms with Gasteiger partial charge < -0.3 is 25.5 Å². The number of hydrogen-bond acceptors (Lipinski definition) is 10. The summed E-state index contributed by atoms with van der Waals surface area (Å²) < 4.78 is 1.57. The normalized spacial score (nSPS) is 31.2. The van der Waals surface area contributed by atoms with Crippen LogP contribution in [0.4, 0.5) is 0 Å². The Morgan fingerprint density at radius 2 is 2.19 bits per heavy atom. The number of rotatable bonds is 9. The summed E-state index contributed by atoms with van der Waals surface area (Å²) in [7, 11) is 0. The number of nitrogens with one attached hydrogen (secondary N) is 1. The Kier molecular flexibility index (Phi) is 6.58. The lowest BCUT2D eigenvalue weighted by Gasteiger charge is -2.46. The second-order valence-electron chi connectivity index (χ2n) is 8.07. The molecule has 0 aliphatic carbocycles. The molecule has 0 saturated carbocycles. The lowest BCUT2D eigenvalue weighted by molar-refractivity contribution is -0.163. The highest BCUT2D eigenvalue weighted by molar-refractivity contribution is 8.03. The highest BCUT2D eigenvalue weighted by Crippen LogP contribution is 2.51. The van der Waals surface area contributed by atoms with Gasteiger partial charge in [-0.15, -0.1) is 16.9 Å². The van der Waals surface area contributed by atoms with Gasteiger partial charge in [-0.25, -0.2) is 9.48 Å². The van der Waals surface area contributed by atoms with Crippen molar-refractivity contribution >= 4 is 35.4 Å². The van der Waals surface area contributed by atoms with Crippen molar-refractivity contribution in [2.24, 2.45) is 11.8 Å². The number of amides is 1. The predicted molar refractivity (Wildman–Crippen MR) is 113 cm³/mol. The van der Waals surface area contributed by atoms with Crippen LogP contribution in [0.25, 0.3) is 0 Å². The summed E-state index contributed by atoms with van der Waals surface area (Å²) in [5, 5.41) is 44.6. The topological polar surface area (TPSA) is 154 Å². The first-order valence-electron chi connectivity index (χ1n) is 10.2. The number of carbonyl (C=O) groups is 2. The van der Waals surface area contributed by atoms with Crippen molar-refractivity contribution in [3.8, 4) is 0 Å². The molecule has 2 saturated heterocycles. The average molecular weight is 471 g/mol. The third kappa shape index (κ3) is 4.09. The van der Waals surface area contributed by atoms with E-state index in [1.54, 1.807) is 11.6 Å². The Morgan fingerprint density at radius 3 is 2.87 bits per heavy atom. The average Bonchev–Trinajstić information content (AvgIpc) is 3.39. The minimum Gasteiger partial charge on any atom is -0.477 e. The number of carboxylic acid groups (broad SMARTS) is 1. The standard InChI is InChI=1S/C18H26N6O5S2/c1-8-13-12(9(2)26)16(27)24(13)14(17(28)29)15(8)31-11-5-10(19-6-11)7-30-18-20-21-22-23(18)3-4-25/h8-13,19,25-26H,3-7H2,1-2H3,(H,28,29)/t8-,9-,10+,11+,12-,13-/m1/s1. The van der Waals surface area contributed by atoms with Crippen molar-refractivity contribution < 1.29 is 24.9 Å². The Bertz CT molecular complexity index is 893. The van der Waals surface area contributed by atoms with Crippen LogP contribution >= 0.6 is 23.5 Å². The molecular formula is C18H26N6O5S2. The fourth-order valence-corrected chi connectivity index (χ4v) is 7.06. The van der Waals surface area contributed by atoms with Crippen molar-refractivity contribution in [2.75, 3.05) is 18.9 Å². The fourth-order valence-electron chi connectivity index (χ4n) is 4.57. The summed E-state index contributed by atoms with van der Waals surface area (Å²) in [6.07, 6.45) is 0.0494. The minimum absolute atomic E-state index is 0.0331. The predicted octanol–water partition coefficient (Wildman–Crippen LogP) is -0.625. The summed E-state index contributed by atoms with van der Waals surface area (Å²) in [4.78, 5) is 26.5. The van der Waals surface area contributed by atoms with Crippen molar-refractivity contribution in [2.45, 2.75) is 55.4 Å². The van der Waals surface area contributed by atoms with E-state index in [4.69, 9.17) is 5.11 Å². The van der Waals surface area contributed by atoms with Crippen molar-refractivity contribution in [1.29, 1.82) is 0 Å². The highest BCUT2D eigenvalue weighted by Gasteiger charge is 2.60. The zero-order valence-electron chi connectivity index (χ0n) is 17.2. The smallest absolute Gasteiger partial charge is 0.353 e. The number of aliphatic hydroxyl groups excluding tert-OH is 2. The van der Waals surface area contributed by atoms with E-state index in [0.717, 1.165) is 23.6 Å². The number of hydrogen-bond donors (Lipinski definition) is 4. The molecule has 0 radical (unpaired) electrons. The fraction of sp³-hybridized carbons (Fsp3) is 0.722. The van der Waals surface area contributed by atoms with Gasteiger partial charge in [0.15, 0.2) is 0 Å². The Hall–Kier alpha value is -1.67. The van der Waals surface area contributed by atoms with Crippen LogP contribution in [0.5, 0.6) is 0 Å². The van der Waals surface area contributed by atoms with Crippen molar-refractivity contribution in [3.63, 3.8) is 0 Å². The van der Waals surface area contributed by atoms with E-state index in [2.05, 4.69) is 20.8 Å². The highest BCUT2D eigenvalue weighted by atomic mass is 32.2. The molecule has 3 aliphatic heterocycles. The van der Waals surface area contributed by atoms with Gasteiger partial charge in [-0.3, -0.25) is 4.79 Å². The SMILES string of the molecule is C[C@@H](O)[C@H]1C(=O)N2C(C(=O)O)=C(S[C@@H]3CN[C@H](CSc4nnnn4CCO)C3)[C@H](C)[C@H]12. The second kappa shape index (κ2) is 9.06. The van der Waals surface area contributed by atoms with E-state index >= 15 is 0 Å². The zero-order chi connectivity index (χ0) is 22.3. The molecule has 0 spiro atoms. The van der Waals surface area contributed by atoms with Gasteiger partial charge in [-0.1, -0.05) is 18.7 Å². The molecule has 4 N–H and O–H groups in total. The van der Waals surface area contributed by atoms with Crippen molar-refractivity contribution in [1.82, 2.24) is 30.4 Å². The number of β-lactam (4-membered cyclic amide) rings is 1. The number of aliphatic carboxylic acids is 1. The number of aromatic nitrogens is 4. The molecule has 0 unspecified atom stereocenters. The van der Waals surface area contributed by atoms with Crippen LogP contribution < -0.4 is 5.32 Å². The molecule has 1 amide bonds. The van der Waals surface area contributed by atoms with E-state index in [0.29, 0.717) is 11.7 Å². The molecule has 6 atom stereocenters. The van der Waals surface area contributed by atoms with E-state index in [9.17, 15) is 19.8 Å². The number of carbonyl (C=O) groups excluding carboxylic acids is 1. The molecular weight excluding hydrogens is 444 g/mol. The molecule has 3 aliphatic rings. The zero-order valence-corrected chi connectivity index (χ0v) is 18.8. The summed E-state index contributed by atoms with van der Waals surface area (Å²) >= 11 is 3.05. The number of thioether (sulfide) groups is 2. The molecule has 170 valence electrons. The van der Waals surface area contributed by atoms with Gasteiger partial charge in [-0.05, 0) is 23.8 Å². The lowest BCUT2D eigenvalue weighted by atomic mass is 9.79. The van der Waals surface area contributed by atoms with Crippen LogP contribution in [0.3, 0.4) is 0 Å². The second-order valence-corrected chi connectivity index (χ2v) is 10.4. The van der Waals surface area contributed by atoms with Crippen LogP contribution in [-0.2, 0) is 16.1 Å². The number of carboxylic acids is 1. The van der Waals surface area contributed by atoms with Crippen LogP contribution in [-0.4, -0.2) is 94.6 Å². The van der Waals surface area contributed by atoms with Crippen LogP contribution in [0, 0.1) is 11.8 Å². The Morgan fingerprint density at radius 1 is 1.42 bits per heavy atom. The van der Waals surface area contributed by atoms with Gasteiger partial charge in [-0.2, -0.15) is 0 Å². The maximum Gasteiger partial charge on any atom is 0.353 e. The Balaban J connectivity index is 1.39. The minimum atomic E-state index is -1.09. The Labute approximate surface area is 187 Å². The first kappa shape index (κ1) is 22.5. The lowest BCUT2D eigenvalue weighted by Crippen LogP contribution is -2.63. The summed E-state index contributed by atoms with van der Waals surface area (Å²) in [6, 6.07) is -0.0663. The molecule has 1 aromatic heterocycles. The number of nitrogens with zero attached hydrogens (tertiary/aromatic N) is 5. The maximum atomic E-state index is 12.5. The van der Waals surface area contributed by atoms with E-state index in [-0.39, 0.29) is 41.5 Å². The van der Waals surface area contributed by atoms with Gasteiger partial charge in [0.2, 0.25) is 11.1 Å². The van der Waals surface area contributed by atoms with Crippen LogP contribution in [0.2, 0.25) is 0 Å². The molecule has 4 rings (SSSR count). The summed E-state index contributed by atoms with van der Waals surface area (Å²) in [5.41, 5.74) is 0.0744. The first-order valence-corrected chi connectivity index (χ1v) is 12.1. The van der Waals surface area contributed by atoms with Crippen molar-refractivity contribution in [3.05, 3.63) is 10.6 Å². The number of tetrazole rings is 1. The molecule has 2 fully saturated rings. The molecule has 0 bridgehead atoms. The van der Waals surface area contributed by atoms with Gasteiger partial charge in [0.05, 0.1) is 31.2 Å². The molecule has 4 heterocycles.